The maximum absolute atomic E-state index is 12.6. The van der Waals surface area contributed by atoms with Crippen molar-refractivity contribution < 1.29 is 13.5 Å². The lowest BCUT2D eigenvalue weighted by atomic mass is 10.0. The number of rotatable bonds is 6. The molecule has 120 valence electrons. The Hall–Kier alpha value is -2.77. The molecule has 2 heterocycles. The number of halogens is 2. The van der Waals surface area contributed by atoms with Crippen LogP contribution in [0.5, 0.6) is 5.75 Å². The molecule has 0 radical (unpaired) electrons. The zero-order valence-corrected chi connectivity index (χ0v) is 12.4. The number of hydrogen-bond acceptors (Lipinski definition) is 5. The minimum Gasteiger partial charge on any atom is -0.434 e. The van der Waals surface area contributed by atoms with Crippen molar-refractivity contribution in [3.63, 3.8) is 0 Å². The van der Waals surface area contributed by atoms with Crippen LogP contribution in [-0.2, 0) is 0 Å². The third-order valence-electron chi connectivity index (χ3n) is 3.45. The van der Waals surface area contributed by atoms with E-state index < -0.39 is 6.61 Å². The predicted octanol–water partition coefficient (Wildman–Crippen LogP) is 3.29. The molecule has 3 rings (SSSR count). The Bertz CT molecular complexity index is 792. The Balaban J connectivity index is 1.93. The molecule has 0 amide bonds. The highest BCUT2D eigenvalue weighted by atomic mass is 19.3. The fourth-order valence-corrected chi connectivity index (χ4v) is 2.40. The van der Waals surface area contributed by atoms with Gasteiger partial charge in [-0.05, 0) is 12.5 Å². The number of fused-ring (bicyclic) bond motifs is 1. The van der Waals surface area contributed by atoms with Gasteiger partial charge < -0.3 is 10.1 Å². The van der Waals surface area contributed by atoms with Crippen LogP contribution in [0, 0.1) is 0 Å². The van der Waals surface area contributed by atoms with Crippen molar-refractivity contribution in [3.8, 4) is 5.75 Å². The highest BCUT2D eigenvalue weighted by Crippen LogP contribution is 2.31. The number of aromatic nitrogens is 4. The lowest BCUT2D eigenvalue weighted by Gasteiger charge is -2.21. The quantitative estimate of drug-likeness (QED) is 0.755. The maximum Gasteiger partial charge on any atom is 0.387 e. The van der Waals surface area contributed by atoms with Gasteiger partial charge in [0, 0.05) is 18.0 Å². The van der Waals surface area contributed by atoms with Crippen molar-refractivity contribution in [2.45, 2.75) is 26.0 Å². The molecule has 0 fully saturated rings. The SMILES string of the molecule is CC[C@H](Nc1nccn2cnnc12)c1ccccc1OC(F)F. The van der Waals surface area contributed by atoms with Crippen molar-refractivity contribution in [2.75, 3.05) is 5.32 Å². The van der Waals surface area contributed by atoms with Gasteiger partial charge in [-0.15, -0.1) is 10.2 Å². The molecule has 0 aliphatic rings. The summed E-state index contributed by atoms with van der Waals surface area (Å²) in [6.07, 6.45) is 5.57. The van der Waals surface area contributed by atoms with Gasteiger partial charge in [0.2, 0.25) is 5.65 Å². The van der Waals surface area contributed by atoms with E-state index in [0.29, 0.717) is 23.4 Å². The number of benzene rings is 1. The molecule has 0 unspecified atom stereocenters. The van der Waals surface area contributed by atoms with E-state index in [-0.39, 0.29) is 11.8 Å². The van der Waals surface area contributed by atoms with E-state index in [4.69, 9.17) is 0 Å². The minimum absolute atomic E-state index is 0.148. The minimum atomic E-state index is -2.87. The molecule has 3 aromatic rings. The number of para-hydroxylation sites is 1. The molecule has 8 heteroatoms. The summed E-state index contributed by atoms with van der Waals surface area (Å²) >= 11 is 0. The fraction of sp³-hybridized carbons (Fsp3) is 0.267. The zero-order chi connectivity index (χ0) is 16.2. The smallest absolute Gasteiger partial charge is 0.387 e. The monoisotopic (exact) mass is 319 g/mol. The summed E-state index contributed by atoms with van der Waals surface area (Å²) in [5.41, 5.74) is 1.21. The van der Waals surface area contributed by atoms with Gasteiger partial charge in [-0.1, -0.05) is 25.1 Å². The molecule has 0 saturated carbocycles. The second kappa shape index (κ2) is 6.55. The summed E-state index contributed by atoms with van der Waals surface area (Å²) in [5, 5.41) is 11.1. The van der Waals surface area contributed by atoms with Crippen LogP contribution in [0.2, 0.25) is 0 Å². The van der Waals surface area contributed by atoms with Gasteiger partial charge >= 0.3 is 6.61 Å². The molecule has 1 atom stereocenters. The Kier molecular flexibility index (Phi) is 4.31. The summed E-state index contributed by atoms with van der Waals surface area (Å²) in [5.74, 6) is 0.680. The van der Waals surface area contributed by atoms with Crippen LogP contribution in [0.15, 0.2) is 43.0 Å². The summed E-state index contributed by atoms with van der Waals surface area (Å²) in [7, 11) is 0. The van der Waals surface area contributed by atoms with Crippen LogP contribution in [0.3, 0.4) is 0 Å². The Morgan fingerprint density at radius 2 is 2.13 bits per heavy atom. The first-order chi connectivity index (χ1) is 11.2. The first-order valence-electron chi connectivity index (χ1n) is 7.13. The van der Waals surface area contributed by atoms with E-state index in [0.717, 1.165) is 0 Å². The molecule has 0 bridgehead atoms. The van der Waals surface area contributed by atoms with Crippen molar-refractivity contribution in [3.05, 3.63) is 48.5 Å². The lowest BCUT2D eigenvalue weighted by molar-refractivity contribution is -0.0505. The van der Waals surface area contributed by atoms with Gasteiger partial charge in [-0.2, -0.15) is 8.78 Å². The summed E-state index contributed by atoms with van der Waals surface area (Å²) in [6, 6.07) is 6.47. The van der Waals surface area contributed by atoms with Gasteiger partial charge in [0.25, 0.3) is 0 Å². The predicted molar refractivity (Wildman–Crippen MR) is 80.5 cm³/mol. The number of nitrogens with zero attached hydrogens (tertiary/aromatic N) is 4. The summed E-state index contributed by atoms with van der Waals surface area (Å²) in [6.45, 7) is -0.924. The van der Waals surface area contributed by atoms with Crippen LogP contribution >= 0.6 is 0 Å². The van der Waals surface area contributed by atoms with E-state index in [1.807, 2.05) is 6.92 Å². The second-order valence-corrected chi connectivity index (χ2v) is 4.86. The third kappa shape index (κ3) is 3.20. The highest BCUT2D eigenvalue weighted by molar-refractivity contribution is 5.62. The topological polar surface area (TPSA) is 64.3 Å². The molecular formula is C15H15F2N5O. The second-order valence-electron chi connectivity index (χ2n) is 4.86. The molecule has 23 heavy (non-hydrogen) atoms. The molecule has 1 N–H and O–H groups in total. The van der Waals surface area contributed by atoms with Crippen molar-refractivity contribution in [2.24, 2.45) is 0 Å². The average Bonchev–Trinajstić information content (AvgIpc) is 3.02. The normalized spacial score (nSPS) is 12.5. The van der Waals surface area contributed by atoms with Gasteiger partial charge in [0.1, 0.15) is 12.1 Å². The van der Waals surface area contributed by atoms with Crippen molar-refractivity contribution >= 4 is 11.5 Å². The number of hydrogen-bond donors (Lipinski definition) is 1. The Morgan fingerprint density at radius 3 is 2.91 bits per heavy atom. The molecule has 1 aromatic carbocycles. The van der Waals surface area contributed by atoms with Crippen LogP contribution in [0.1, 0.15) is 24.9 Å². The van der Waals surface area contributed by atoms with E-state index >= 15 is 0 Å². The summed E-state index contributed by atoms with van der Waals surface area (Å²) < 4.78 is 31.5. The molecule has 0 aliphatic heterocycles. The third-order valence-corrected chi connectivity index (χ3v) is 3.45. The van der Waals surface area contributed by atoms with Crippen LogP contribution < -0.4 is 10.1 Å². The standard InChI is InChI=1S/C15H15F2N5O/c1-2-11(10-5-3-4-6-12(10)23-15(16)17)20-13-14-21-19-9-22(14)8-7-18-13/h3-9,11,15H,2H2,1H3,(H,18,20)/t11-/m0/s1. The van der Waals surface area contributed by atoms with Crippen LogP contribution in [0.4, 0.5) is 14.6 Å². The van der Waals surface area contributed by atoms with Crippen LogP contribution in [-0.4, -0.2) is 26.2 Å². The fourth-order valence-electron chi connectivity index (χ4n) is 2.40. The van der Waals surface area contributed by atoms with E-state index in [9.17, 15) is 8.78 Å². The first-order valence-corrected chi connectivity index (χ1v) is 7.13. The number of ether oxygens (including phenoxy) is 1. The zero-order valence-electron chi connectivity index (χ0n) is 12.4. The Morgan fingerprint density at radius 1 is 1.30 bits per heavy atom. The van der Waals surface area contributed by atoms with Gasteiger partial charge in [0.15, 0.2) is 5.82 Å². The van der Waals surface area contributed by atoms with E-state index in [1.54, 1.807) is 41.3 Å². The largest absolute Gasteiger partial charge is 0.434 e. The van der Waals surface area contributed by atoms with E-state index in [1.165, 1.54) is 6.07 Å². The lowest BCUT2D eigenvalue weighted by Crippen LogP contribution is -2.14. The maximum atomic E-state index is 12.6. The first kappa shape index (κ1) is 15.1. The average molecular weight is 319 g/mol. The summed E-state index contributed by atoms with van der Waals surface area (Å²) in [4.78, 5) is 4.26. The van der Waals surface area contributed by atoms with Crippen molar-refractivity contribution in [1.29, 1.82) is 0 Å². The highest BCUT2D eigenvalue weighted by Gasteiger charge is 2.18. The number of nitrogens with one attached hydrogen (secondary N) is 1. The van der Waals surface area contributed by atoms with Gasteiger partial charge in [-0.3, -0.25) is 4.40 Å². The molecule has 0 spiro atoms. The molecule has 6 nitrogen and oxygen atoms in total. The van der Waals surface area contributed by atoms with Crippen LogP contribution in [0.25, 0.3) is 5.65 Å². The molecule has 0 aliphatic carbocycles. The molecule has 0 saturated heterocycles. The van der Waals surface area contributed by atoms with Gasteiger partial charge in [0.05, 0.1) is 6.04 Å². The Labute approximate surface area is 131 Å². The number of alkyl halides is 2. The number of anilines is 1. The molecule has 2 aromatic heterocycles. The molecular weight excluding hydrogens is 304 g/mol. The van der Waals surface area contributed by atoms with Crippen molar-refractivity contribution in [1.82, 2.24) is 19.6 Å². The van der Waals surface area contributed by atoms with E-state index in [2.05, 4.69) is 25.2 Å². The van der Waals surface area contributed by atoms with Gasteiger partial charge in [-0.25, -0.2) is 4.98 Å².